The quantitative estimate of drug-likeness (QED) is 0.771. The maximum absolute atomic E-state index is 12.1. The van der Waals surface area contributed by atoms with Crippen LogP contribution in [0.3, 0.4) is 0 Å². The average molecular weight is 325 g/mol. The molecule has 0 aromatic heterocycles. The summed E-state index contributed by atoms with van der Waals surface area (Å²) in [6.07, 6.45) is 0. The fraction of sp³-hybridized carbons (Fsp3) is 0.364. The summed E-state index contributed by atoms with van der Waals surface area (Å²) in [5, 5.41) is 0.541. The Labute approximate surface area is 114 Å². The number of carbonyl (C=O) groups excluding carboxylic acids is 1. The van der Waals surface area contributed by atoms with Gasteiger partial charge in [0.05, 0.1) is 0 Å². The first kappa shape index (κ1) is 13.8. The summed E-state index contributed by atoms with van der Waals surface area (Å²) in [5.41, 5.74) is 0.575. The highest BCUT2D eigenvalue weighted by Gasteiger charge is 2.14. The predicted octanol–water partition coefficient (Wildman–Crippen LogP) is 3.80. The molecule has 0 fully saturated rings. The van der Waals surface area contributed by atoms with Crippen molar-refractivity contribution in [3.05, 3.63) is 33.3 Å². The van der Waals surface area contributed by atoms with Gasteiger partial charge in [-0.05, 0) is 25.1 Å². The van der Waals surface area contributed by atoms with Gasteiger partial charge in [-0.3, -0.25) is 4.79 Å². The van der Waals surface area contributed by atoms with Crippen molar-refractivity contribution in [1.29, 1.82) is 0 Å². The molecule has 0 N–H and O–H groups in total. The standard InChI is InChI=1S/C11H12BrCl2NO/c1-2-15(4-3-13)11(16)8-5-9(12)7-10(14)6-8/h5-7H,2-4H2,1H3. The van der Waals surface area contributed by atoms with E-state index in [1.165, 1.54) is 0 Å². The molecule has 2 nitrogen and oxygen atoms in total. The summed E-state index contributed by atoms with van der Waals surface area (Å²) >= 11 is 14.8. The van der Waals surface area contributed by atoms with Crippen LogP contribution in [0.5, 0.6) is 0 Å². The highest BCUT2D eigenvalue weighted by molar-refractivity contribution is 9.10. The Morgan fingerprint density at radius 3 is 2.62 bits per heavy atom. The van der Waals surface area contributed by atoms with E-state index < -0.39 is 0 Å². The van der Waals surface area contributed by atoms with Crippen LogP contribution in [0.25, 0.3) is 0 Å². The fourth-order valence-electron chi connectivity index (χ4n) is 1.37. The molecule has 16 heavy (non-hydrogen) atoms. The van der Waals surface area contributed by atoms with E-state index in [0.717, 1.165) is 4.47 Å². The molecule has 0 radical (unpaired) electrons. The molecular weight excluding hydrogens is 313 g/mol. The summed E-state index contributed by atoms with van der Waals surface area (Å²) in [6, 6.07) is 5.16. The van der Waals surface area contributed by atoms with E-state index in [-0.39, 0.29) is 5.91 Å². The van der Waals surface area contributed by atoms with Crippen molar-refractivity contribution < 1.29 is 4.79 Å². The highest BCUT2D eigenvalue weighted by atomic mass is 79.9. The number of rotatable bonds is 4. The maximum atomic E-state index is 12.1. The predicted molar refractivity (Wildman–Crippen MR) is 71.4 cm³/mol. The van der Waals surface area contributed by atoms with Crippen LogP contribution in [-0.2, 0) is 0 Å². The van der Waals surface area contributed by atoms with Crippen molar-refractivity contribution >= 4 is 45.0 Å². The summed E-state index contributed by atoms with van der Waals surface area (Å²) in [7, 11) is 0. The Morgan fingerprint density at radius 1 is 1.44 bits per heavy atom. The van der Waals surface area contributed by atoms with Gasteiger partial charge in [0.2, 0.25) is 0 Å². The molecule has 1 amide bonds. The number of halogens is 3. The number of benzene rings is 1. The summed E-state index contributed by atoms with van der Waals surface area (Å²) in [5.74, 6) is 0.382. The van der Waals surface area contributed by atoms with Crippen molar-refractivity contribution in [2.24, 2.45) is 0 Å². The molecule has 5 heteroatoms. The molecule has 0 aliphatic heterocycles. The lowest BCUT2D eigenvalue weighted by molar-refractivity contribution is 0.0774. The molecule has 0 unspecified atom stereocenters. The van der Waals surface area contributed by atoms with Crippen molar-refractivity contribution in [2.75, 3.05) is 19.0 Å². The van der Waals surface area contributed by atoms with E-state index in [0.29, 0.717) is 29.6 Å². The van der Waals surface area contributed by atoms with E-state index in [1.807, 2.05) is 6.92 Å². The van der Waals surface area contributed by atoms with Gasteiger partial charge in [-0.25, -0.2) is 0 Å². The average Bonchev–Trinajstić information content (AvgIpc) is 2.23. The topological polar surface area (TPSA) is 20.3 Å². The summed E-state index contributed by atoms with van der Waals surface area (Å²) in [4.78, 5) is 13.7. The zero-order valence-electron chi connectivity index (χ0n) is 8.84. The van der Waals surface area contributed by atoms with E-state index in [4.69, 9.17) is 23.2 Å². The molecule has 0 saturated heterocycles. The second-order valence-electron chi connectivity index (χ2n) is 3.23. The summed E-state index contributed by atoms with van der Waals surface area (Å²) in [6.45, 7) is 3.10. The smallest absolute Gasteiger partial charge is 0.253 e. The molecule has 0 heterocycles. The monoisotopic (exact) mass is 323 g/mol. The number of amides is 1. The molecule has 88 valence electrons. The lowest BCUT2D eigenvalue weighted by Gasteiger charge is -2.19. The molecule has 0 atom stereocenters. The van der Waals surface area contributed by atoms with Gasteiger partial charge in [0, 0.05) is 34.0 Å². The second kappa shape index (κ2) is 6.48. The van der Waals surface area contributed by atoms with Gasteiger partial charge in [-0.15, -0.1) is 11.6 Å². The molecule has 1 rings (SSSR count). The lowest BCUT2D eigenvalue weighted by Crippen LogP contribution is -2.32. The van der Waals surface area contributed by atoms with Crippen molar-refractivity contribution in [3.8, 4) is 0 Å². The largest absolute Gasteiger partial charge is 0.338 e. The van der Waals surface area contributed by atoms with Gasteiger partial charge in [-0.2, -0.15) is 0 Å². The van der Waals surface area contributed by atoms with Gasteiger partial charge >= 0.3 is 0 Å². The van der Waals surface area contributed by atoms with Gasteiger partial charge in [0.15, 0.2) is 0 Å². The number of alkyl halides is 1. The molecule has 0 aliphatic rings. The van der Waals surface area contributed by atoms with Crippen molar-refractivity contribution in [2.45, 2.75) is 6.92 Å². The van der Waals surface area contributed by atoms with Gasteiger partial charge in [-0.1, -0.05) is 27.5 Å². The number of hydrogen-bond donors (Lipinski definition) is 0. The zero-order chi connectivity index (χ0) is 12.1. The van der Waals surface area contributed by atoms with E-state index >= 15 is 0 Å². The number of carbonyl (C=O) groups is 1. The van der Waals surface area contributed by atoms with Crippen LogP contribution < -0.4 is 0 Å². The van der Waals surface area contributed by atoms with E-state index in [1.54, 1.807) is 23.1 Å². The first-order valence-corrected chi connectivity index (χ1v) is 6.60. The molecule has 1 aromatic carbocycles. The Hall–Kier alpha value is -0.250. The van der Waals surface area contributed by atoms with Crippen LogP contribution in [0.4, 0.5) is 0 Å². The number of nitrogens with zero attached hydrogens (tertiary/aromatic N) is 1. The Kier molecular flexibility index (Phi) is 5.59. The molecule has 0 saturated carbocycles. The third-order valence-corrected chi connectivity index (χ3v) is 2.98. The van der Waals surface area contributed by atoms with Crippen LogP contribution in [0.15, 0.2) is 22.7 Å². The zero-order valence-corrected chi connectivity index (χ0v) is 11.9. The van der Waals surface area contributed by atoms with Crippen LogP contribution in [0.2, 0.25) is 5.02 Å². The Morgan fingerprint density at radius 2 is 2.12 bits per heavy atom. The molecular formula is C11H12BrCl2NO. The van der Waals surface area contributed by atoms with Gasteiger partial charge < -0.3 is 4.90 Å². The van der Waals surface area contributed by atoms with Gasteiger partial charge in [0.1, 0.15) is 0 Å². The van der Waals surface area contributed by atoms with E-state index in [2.05, 4.69) is 15.9 Å². The summed E-state index contributed by atoms with van der Waals surface area (Å²) < 4.78 is 0.797. The maximum Gasteiger partial charge on any atom is 0.253 e. The molecule has 1 aromatic rings. The van der Waals surface area contributed by atoms with Crippen molar-refractivity contribution in [3.63, 3.8) is 0 Å². The van der Waals surface area contributed by atoms with E-state index in [9.17, 15) is 4.79 Å². The lowest BCUT2D eigenvalue weighted by atomic mass is 10.2. The van der Waals surface area contributed by atoms with Gasteiger partial charge in [0.25, 0.3) is 5.91 Å². The first-order chi connectivity index (χ1) is 7.58. The highest BCUT2D eigenvalue weighted by Crippen LogP contribution is 2.20. The Balaban J connectivity index is 2.94. The molecule has 0 spiro atoms. The number of hydrogen-bond acceptors (Lipinski definition) is 1. The first-order valence-electron chi connectivity index (χ1n) is 4.89. The SMILES string of the molecule is CCN(CCCl)C(=O)c1cc(Cl)cc(Br)c1. The Bertz CT molecular complexity index is 364. The van der Waals surface area contributed by atoms with Crippen LogP contribution in [0, 0.1) is 0 Å². The minimum Gasteiger partial charge on any atom is -0.338 e. The second-order valence-corrected chi connectivity index (χ2v) is 4.96. The van der Waals surface area contributed by atoms with Crippen LogP contribution in [0.1, 0.15) is 17.3 Å². The fourth-order valence-corrected chi connectivity index (χ4v) is 2.43. The van der Waals surface area contributed by atoms with Crippen LogP contribution in [-0.4, -0.2) is 29.8 Å². The minimum absolute atomic E-state index is 0.0497. The van der Waals surface area contributed by atoms with Crippen LogP contribution >= 0.6 is 39.1 Å². The molecule has 0 bridgehead atoms. The van der Waals surface area contributed by atoms with Crippen molar-refractivity contribution in [1.82, 2.24) is 4.90 Å². The molecule has 0 aliphatic carbocycles. The third kappa shape index (κ3) is 3.65. The minimum atomic E-state index is -0.0497. The normalized spacial score (nSPS) is 10.2. The third-order valence-electron chi connectivity index (χ3n) is 2.13.